The van der Waals surface area contributed by atoms with Crippen molar-refractivity contribution in [3.63, 3.8) is 0 Å². The highest BCUT2D eigenvalue weighted by Gasteiger charge is 2.19. The van der Waals surface area contributed by atoms with Gasteiger partial charge < -0.3 is 5.11 Å². The molecule has 0 heterocycles. The van der Waals surface area contributed by atoms with Gasteiger partial charge in [-0.25, -0.2) is 0 Å². The molecule has 0 amide bonds. The first kappa shape index (κ1) is 12.1. The summed E-state index contributed by atoms with van der Waals surface area (Å²) in [7, 11) is 0. The van der Waals surface area contributed by atoms with E-state index in [0.29, 0.717) is 0 Å². The molecule has 0 aliphatic heterocycles. The lowest BCUT2D eigenvalue weighted by Gasteiger charge is -2.11. The monoisotopic (exact) mass is 338 g/mol. The molecule has 0 aliphatic rings. The minimum absolute atomic E-state index is 0.524. The third-order valence-electron chi connectivity index (χ3n) is 2.54. The molecule has 1 N–H and O–H groups in total. The quantitative estimate of drug-likeness (QED) is 0.681. The molecule has 2 aromatic carbocycles. The zero-order chi connectivity index (χ0) is 12.3. The number of aliphatic carboxylic acids is 1. The number of carboxylic acid groups (broad SMARTS) is 1. The molecule has 0 bridgehead atoms. The van der Waals surface area contributed by atoms with E-state index in [0.717, 1.165) is 16.7 Å². The molecule has 3 heteroatoms. The van der Waals surface area contributed by atoms with Crippen molar-refractivity contribution in [1.82, 2.24) is 0 Å². The second-order valence-corrected chi connectivity index (χ2v) is 4.90. The van der Waals surface area contributed by atoms with Crippen LogP contribution in [0.5, 0.6) is 0 Å². The summed E-state index contributed by atoms with van der Waals surface area (Å²) in [5, 5.41) is 9.10. The fourth-order valence-electron chi connectivity index (χ4n) is 1.73. The highest BCUT2D eigenvalue weighted by atomic mass is 127. The van der Waals surface area contributed by atoms with E-state index in [1.54, 1.807) is 0 Å². The molecular weight excluding hydrogens is 327 g/mol. The Balaban J connectivity index is 2.52. The number of halogens is 1. The van der Waals surface area contributed by atoms with Crippen molar-refractivity contribution < 1.29 is 9.90 Å². The van der Waals surface area contributed by atoms with Crippen LogP contribution in [0.4, 0.5) is 0 Å². The van der Waals surface area contributed by atoms with Crippen molar-refractivity contribution >= 4 is 28.6 Å². The summed E-state index contributed by atoms with van der Waals surface area (Å²) in [6.45, 7) is 0. The predicted octanol–water partition coefficient (Wildman–Crippen LogP) is 3.91. The molecule has 0 radical (unpaired) electrons. The fraction of sp³-hybridized carbons (Fsp3) is 0.0714. The van der Waals surface area contributed by atoms with Crippen LogP contribution in [-0.4, -0.2) is 11.1 Å². The molecule has 1 atom stereocenters. The Morgan fingerprint density at radius 3 is 2.24 bits per heavy atom. The molecule has 0 aliphatic carbocycles. The molecule has 2 rings (SSSR count). The van der Waals surface area contributed by atoms with Gasteiger partial charge in [0.15, 0.2) is 0 Å². The van der Waals surface area contributed by atoms with Crippen LogP contribution in [0.3, 0.4) is 0 Å². The van der Waals surface area contributed by atoms with Crippen LogP contribution in [-0.2, 0) is 4.79 Å². The van der Waals surface area contributed by atoms with E-state index in [9.17, 15) is 4.79 Å². The molecule has 17 heavy (non-hydrogen) atoms. The average Bonchev–Trinajstić information content (AvgIpc) is 2.39. The van der Waals surface area contributed by atoms with Crippen LogP contribution in [0.25, 0.3) is 11.1 Å². The van der Waals surface area contributed by atoms with Gasteiger partial charge in [-0.1, -0.05) is 77.2 Å². The SMILES string of the molecule is O=C(O)C(I)c1ccccc1-c1ccccc1. The highest BCUT2D eigenvalue weighted by molar-refractivity contribution is 14.1. The maximum absolute atomic E-state index is 11.1. The molecule has 0 saturated carbocycles. The molecular formula is C14H11IO2. The van der Waals surface area contributed by atoms with Crippen molar-refractivity contribution in [1.29, 1.82) is 0 Å². The first-order chi connectivity index (χ1) is 8.20. The Morgan fingerprint density at radius 2 is 1.59 bits per heavy atom. The lowest BCUT2D eigenvalue weighted by molar-refractivity contribution is -0.136. The van der Waals surface area contributed by atoms with Crippen LogP contribution in [0.1, 0.15) is 9.49 Å². The highest BCUT2D eigenvalue weighted by Crippen LogP contribution is 2.32. The van der Waals surface area contributed by atoms with Crippen molar-refractivity contribution in [2.45, 2.75) is 3.92 Å². The van der Waals surface area contributed by atoms with Crippen LogP contribution in [0.2, 0.25) is 0 Å². The zero-order valence-electron chi connectivity index (χ0n) is 9.01. The minimum atomic E-state index is -0.811. The molecule has 0 spiro atoms. The first-order valence-electron chi connectivity index (χ1n) is 5.21. The van der Waals surface area contributed by atoms with Crippen LogP contribution in [0.15, 0.2) is 54.6 Å². The van der Waals surface area contributed by atoms with Gasteiger partial charge in [-0.05, 0) is 16.7 Å². The van der Waals surface area contributed by atoms with Crippen molar-refractivity contribution in [3.8, 4) is 11.1 Å². The normalized spacial score (nSPS) is 12.1. The number of alkyl halides is 1. The molecule has 2 aromatic rings. The summed E-state index contributed by atoms with van der Waals surface area (Å²) >= 11 is 1.95. The summed E-state index contributed by atoms with van der Waals surface area (Å²) in [6.07, 6.45) is 0. The third kappa shape index (κ3) is 2.66. The summed E-state index contributed by atoms with van der Waals surface area (Å²) in [5.74, 6) is -0.811. The Hall–Kier alpha value is -1.36. The second-order valence-electron chi connectivity index (χ2n) is 3.65. The van der Waals surface area contributed by atoms with Gasteiger partial charge in [-0.3, -0.25) is 4.79 Å². The summed E-state index contributed by atoms with van der Waals surface area (Å²) in [5.41, 5.74) is 2.87. The van der Waals surface area contributed by atoms with E-state index < -0.39 is 9.89 Å². The fourth-order valence-corrected chi connectivity index (χ4v) is 2.27. The van der Waals surface area contributed by atoms with Gasteiger partial charge in [-0.15, -0.1) is 0 Å². The number of carbonyl (C=O) groups is 1. The first-order valence-corrected chi connectivity index (χ1v) is 6.46. The summed E-state index contributed by atoms with van der Waals surface area (Å²) < 4.78 is -0.524. The van der Waals surface area contributed by atoms with Crippen LogP contribution in [0, 0.1) is 0 Å². The number of hydrogen-bond acceptors (Lipinski definition) is 1. The Morgan fingerprint density at radius 1 is 1.00 bits per heavy atom. The second kappa shape index (κ2) is 5.31. The number of benzene rings is 2. The lowest BCUT2D eigenvalue weighted by atomic mass is 9.98. The van der Waals surface area contributed by atoms with Gasteiger partial charge in [0.2, 0.25) is 0 Å². The lowest BCUT2D eigenvalue weighted by Crippen LogP contribution is -2.05. The van der Waals surface area contributed by atoms with Gasteiger partial charge in [0.05, 0.1) is 0 Å². The maximum Gasteiger partial charge on any atom is 0.321 e. The Kier molecular flexibility index (Phi) is 3.78. The number of rotatable bonds is 3. The van der Waals surface area contributed by atoms with Gasteiger partial charge in [0.1, 0.15) is 3.92 Å². The minimum Gasteiger partial charge on any atom is -0.480 e. The molecule has 0 aromatic heterocycles. The summed E-state index contributed by atoms with van der Waals surface area (Å²) in [6, 6.07) is 17.5. The van der Waals surface area contributed by atoms with Crippen LogP contribution < -0.4 is 0 Å². The van der Waals surface area contributed by atoms with Gasteiger partial charge >= 0.3 is 5.97 Å². The van der Waals surface area contributed by atoms with Crippen molar-refractivity contribution in [2.75, 3.05) is 0 Å². The van der Waals surface area contributed by atoms with Gasteiger partial charge in [0.25, 0.3) is 0 Å². The zero-order valence-corrected chi connectivity index (χ0v) is 11.2. The van der Waals surface area contributed by atoms with E-state index in [2.05, 4.69) is 0 Å². The number of carboxylic acids is 1. The standard InChI is InChI=1S/C14H11IO2/c15-13(14(16)17)12-9-5-4-8-11(12)10-6-2-1-3-7-10/h1-9,13H,(H,16,17). The van der Waals surface area contributed by atoms with Crippen molar-refractivity contribution in [3.05, 3.63) is 60.2 Å². The van der Waals surface area contributed by atoms with E-state index in [1.807, 2.05) is 77.2 Å². The summed E-state index contributed by atoms with van der Waals surface area (Å²) in [4.78, 5) is 11.1. The van der Waals surface area contributed by atoms with E-state index >= 15 is 0 Å². The van der Waals surface area contributed by atoms with Crippen LogP contribution >= 0.6 is 22.6 Å². The van der Waals surface area contributed by atoms with E-state index in [1.165, 1.54) is 0 Å². The van der Waals surface area contributed by atoms with E-state index in [-0.39, 0.29) is 0 Å². The average molecular weight is 338 g/mol. The molecule has 86 valence electrons. The third-order valence-corrected chi connectivity index (χ3v) is 3.74. The maximum atomic E-state index is 11.1. The Bertz CT molecular complexity index is 523. The topological polar surface area (TPSA) is 37.3 Å². The van der Waals surface area contributed by atoms with Crippen molar-refractivity contribution in [2.24, 2.45) is 0 Å². The molecule has 1 unspecified atom stereocenters. The molecule has 0 saturated heterocycles. The predicted molar refractivity (Wildman–Crippen MR) is 76.3 cm³/mol. The largest absolute Gasteiger partial charge is 0.480 e. The van der Waals surface area contributed by atoms with Gasteiger partial charge in [0, 0.05) is 0 Å². The molecule has 0 fully saturated rings. The number of hydrogen-bond donors (Lipinski definition) is 1. The van der Waals surface area contributed by atoms with Gasteiger partial charge in [-0.2, -0.15) is 0 Å². The van der Waals surface area contributed by atoms with E-state index in [4.69, 9.17) is 5.11 Å². The Labute approximate surface area is 113 Å². The smallest absolute Gasteiger partial charge is 0.321 e. The molecule has 2 nitrogen and oxygen atoms in total.